The molecule has 1 atom stereocenters. The van der Waals surface area contributed by atoms with Crippen molar-refractivity contribution < 1.29 is 9.26 Å². The van der Waals surface area contributed by atoms with Crippen molar-refractivity contribution in [3.63, 3.8) is 0 Å². The van der Waals surface area contributed by atoms with Crippen LogP contribution in [0.5, 0.6) is 0 Å². The number of para-hydroxylation sites is 1. The highest BCUT2D eigenvalue weighted by Crippen LogP contribution is 2.47. The van der Waals surface area contributed by atoms with Crippen molar-refractivity contribution in [1.82, 2.24) is 24.1 Å². The maximum Gasteiger partial charge on any atom is 0.277 e. The van der Waals surface area contributed by atoms with Crippen LogP contribution >= 0.6 is 11.6 Å². The van der Waals surface area contributed by atoms with Crippen LogP contribution in [0.4, 0.5) is 0 Å². The van der Waals surface area contributed by atoms with Crippen LogP contribution in [0, 0.1) is 0 Å². The fourth-order valence-electron chi connectivity index (χ4n) is 4.23. The summed E-state index contributed by atoms with van der Waals surface area (Å²) in [5.74, 6) is 0.935. The molecule has 1 saturated heterocycles. The summed E-state index contributed by atoms with van der Waals surface area (Å²) in [5.41, 5.74) is 2.06. The Labute approximate surface area is 176 Å². The number of ether oxygens (including phenoxy) is 1. The van der Waals surface area contributed by atoms with Crippen LogP contribution in [0.3, 0.4) is 0 Å². The van der Waals surface area contributed by atoms with Crippen LogP contribution < -0.4 is 5.56 Å². The molecule has 4 heterocycles. The molecule has 30 heavy (non-hydrogen) atoms. The highest BCUT2D eigenvalue weighted by molar-refractivity contribution is 6.35. The maximum atomic E-state index is 13.7. The van der Waals surface area contributed by atoms with E-state index >= 15 is 0 Å². The van der Waals surface area contributed by atoms with E-state index in [1.54, 1.807) is 21.4 Å². The predicted octanol–water partition coefficient (Wildman–Crippen LogP) is 3.58. The third-order valence-electron chi connectivity index (χ3n) is 6.27. The molecule has 1 aliphatic heterocycles. The molecule has 2 aliphatic rings. The van der Waals surface area contributed by atoms with Gasteiger partial charge >= 0.3 is 0 Å². The summed E-state index contributed by atoms with van der Waals surface area (Å²) < 4.78 is 14.7. The van der Waals surface area contributed by atoms with Gasteiger partial charge in [-0.25, -0.2) is 4.98 Å². The number of hydrogen-bond donors (Lipinski definition) is 0. The molecule has 3 aromatic heterocycles. The number of imidazole rings is 1. The Bertz CT molecular complexity index is 1340. The van der Waals surface area contributed by atoms with E-state index in [1.165, 1.54) is 0 Å². The van der Waals surface area contributed by atoms with Gasteiger partial charge in [-0.3, -0.25) is 9.20 Å². The molecule has 1 aromatic carbocycles. The van der Waals surface area contributed by atoms with Gasteiger partial charge in [-0.2, -0.15) is 4.98 Å². The fourth-order valence-corrected chi connectivity index (χ4v) is 4.50. The van der Waals surface area contributed by atoms with Gasteiger partial charge in [0.25, 0.3) is 5.56 Å². The first-order valence-corrected chi connectivity index (χ1v) is 10.6. The van der Waals surface area contributed by atoms with E-state index in [2.05, 4.69) is 22.0 Å². The zero-order valence-electron chi connectivity index (χ0n) is 16.5. The second-order valence-electron chi connectivity index (χ2n) is 8.45. The van der Waals surface area contributed by atoms with Gasteiger partial charge < -0.3 is 13.8 Å². The molecule has 9 heteroatoms. The topological polar surface area (TPSA) is 87.5 Å². The van der Waals surface area contributed by atoms with Crippen LogP contribution in [0.15, 0.2) is 33.8 Å². The zero-order valence-corrected chi connectivity index (χ0v) is 17.2. The Balaban J connectivity index is 1.60. The number of aromatic nitrogens is 5. The SMILES string of the molecule is CC1(c2nc(-c3ncn4c3c(=O)n(CC3CCCO3)c3c(Cl)cccc34)no2)CC1. The summed E-state index contributed by atoms with van der Waals surface area (Å²) in [6.07, 6.45) is 5.57. The second-order valence-corrected chi connectivity index (χ2v) is 8.86. The first kappa shape index (κ1) is 18.1. The summed E-state index contributed by atoms with van der Waals surface area (Å²) in [7, 11) is 0. The Morgan fingerprint density at radius 3 is 2.93 bits per heavy atom. The molecule has 4 aromatic rings. The summed E-state index contributed by atoms with van der Waals surface area (Å²) in [6, 6.07) is 5.59. The van der Waals surface area contributed by atoms with E-state index < -0.39 is 0 Å². The monoisotopic (exact) mass is 425 g/mol. The number of hydrogen-bond acceptors (Lipinski definition) is 6. The number of nitrogens with zero attached hydrogens (tertiary/aromatic N) is 5. The van der Waals surface area contributed by atoms with Crippen molar-refractivity contribution in [1.29, 1.82) is 0 Å². The van der Waals surface area contributed by atoms with E-state index in [4.69, 9.17) is 20.9 Å². The van der Waals surface area contributed by atoms with E-state index in [0.29, 0.717) is 40.0 Å². The minimum absolute atomic E-state index is 0.0115. The van der Waals surface area contributed by atoms with Crippen LogP contribution in [0.1, 0.15) is 38.5 Å². The van der Waals surface area contributed by atoms with Crippen LogP contribution in [0.25, 0.3) is 28.1 Å². The first-order valence-electron chi connectivity index (χ1n) is 10.2. The molecular weight excluding hydrogens is 406 g/mol. The summed E-state index contributed by atoms with van der Waals surface area (Å²) in [6.45, 7) is 3.26. The third-order valence-corrected chi connectivity index (χ3v) is 6.58. The molecule has 0 bridgehead atoms. The maximum absolute atomic E-state index is 13.7. The van der Waals surface area contributed by atoms with E-state index in [0.717, 1.165) is 37.8 Å². The molecule has 0 amide bonds. The molecule has 1 unspecified atom stereocenters. The Morgan fingerprint density at radius 2 is 2.17 bits per heavy atom. The van der Waals surface area contributed by atoms with E-state index in [-0.39, 0.29) is 17.1 Å². The van der Waals surface area contributed by atoms with Gasteiger partial charge in [-0.1, -0.05) is 29.7 Å². The Kier molecular flexibility index (Phi) is 3.85. The lowest BCUT2D eigenvalue weighted by molar-refractivity contribution is 0.0973. The van der Waals surface area contributed by atoms with Crippen molar-refractivity contribution in [2.24, 2.45) is 0 Å². The highest BCUT2D eigenvalue weighted by atomic mass is 35.5. The molecule has 1 saturated carbocycles. The molecule has 6 rings (SSSR count). The van der Waals surface area contributed by atoms with Gasteiger partial charge in [-0.05, 0) is 37.8 Å². The highest BCUT2D eigenvalue weighted by Gasteiger charge is 2.44. The van der Waals surface area contributed by atoms with Crippen molar-refractivity contribution in [2.75, 3.05) is 6.61 Å². The molecule has 1 aliphatic carbocycles. The predicted molar refractivity (Wildman–Crippen MR) is 111 cm³/mol. The lowest BCUT2D eigenvalue weighted by Gasteiger charge is -2.16. The molecule has 154 valence electrons. The first-order chi connectivity index (χ1) is 14.5. The van der Waals surface area contributed by atoms with Gasteiger partial charge in [0, 0.05) is 12.0 Å². The zero-order chi connectivity index (χ0) is 20.5. The fraction of sp³-hybridized carbons (Fsp3) is 0.429. The average Bonchev–Trinajstić information content (AvgIpc) is 3.22. The Morgan fingerprint density at radius 1 is 1.30 bits per heavy atom. The lowest BCUT2D eigenvalue weighted by atomic mass is 10.1. The molecule has 0 spiro atoms. The summed E-state index contributed by atoms with van der Waals surface area (Å²) in [5, 5.41) is 4.64. The van der Waals surface area contributed by atoms with Crippen molar-refractivity contribution in [2.45, 2.75) is 50.7 Å². The van der Waals surface area contributed by atoms with Gasteiger partial charge in [0.2, 0.25) is 11.7 Å². The minimum Gasteiger partial charge on any atom is -0.376 e. The lowest BCUT2D eigenvalue weighted by Crippen LogP contribution is -2.28. The van der Waals surface area contributed by atoms with Gasteiger partial charge in [-0.15, -0.1) is 0 Å². The van der Waals surface area contributed by atoms with E-state index in [1.807, 2.05) is 12.1 Å². The smallest absolute Gasteiger partial charge is 0.277 e. The van der Waals surface area contributed by atoms with Gasteiger partial charge in [0.1, 0.15) is 17.5 Å². The minimum atomic E-state index is -0.192. The quantitative estimate of drug-likeness (QED) is 0.496. The standard InChI is InChI=1S/C21H20ClN5O3/c1-21(7-8-21)20-24-18(25-30-20)15-17-19(28)26(10-12-4-3-9-29-12)16-13(22)5-2-6-14(16)27(17)11-23-15/h2,5-6,11-12H,3-4,7-10H2,1H3. The third kappa shape index (κ3) is 2.63. The van der Waals surface area contributed by atoms with Crippen molar-refractivity contribution in [3.05, 3.63) is 45.8 Å². The molecule has 2 fully saturated rings. The largest absolute Gasteiger partial charge is 0.376 e. The molecule has 8 nitrogen and oxygen atoms in total. The number of rotatable bonds is 4. The second kappa shape index (κ2) is 6.39. The molecular formula is C21H20ClN5O3. The molecule has 0 radical (unpaired) electrons. The average molecular weight is 426 g/mol. The number of halogens is 1. The summed E-state index contributed by atoms with van der Waals surface area (Å²) >= 11 is 6.53. The van der Waals surface area contributed by atoms with Crippen LogP contribution in [0.2, 0.25) is 5.02 Å². The Hall–Kier alpha value is -2.71. The van der Waals surface area contributed by atoms with Crippen LogP contribution in [-0.2, 0) is 16.7 Å². The van der Waals surface area contributed by atoms with Crippen molar-refractivity contribution >= 4 is 28.2 Å². The van der Waals surface area contributed by atoms with E-state index in [9.17, 15) is 4.79 Å². The molecule has 0 N–H and O–H groups in total. The number of fused-ring (bicyclic) bond motifs is 3. The van der Waals surface area contributed by atoms with Gasteiger partial charge in [0.15, 0.2) is 0 Å². The normalized spacial score (nSPS) is 20.4. The van der Waals surface area contributed by atoms with Crippen LogP contribution in [-0.4, -0.2) is 36.8 Å². The summed E-state index contributed by atoms with van der Waals surface area (Å²) in [4.78, 5) is 22.7. The van der Waals surface area contributed by atoms with Crippen molar-refractivity contribution in [3.8, 4) is 11.5 Å². The number of benzene rings is 1. The van der Waals surface area contributed by atoms with Gasteiger partial charge in [0.05, 0.1) is 28.7 Å².